The highest BCUT2D eigenvalue weighted by Gasteiger charge is 2.33. The Hall–Kier alpha value is -1.33. The first-order valence-electron chi connectivity index (χ1n) is 8.89. The standard InChI is InChI=1S/C18H25N3O2.ClH/c1-11-16-14(3-2-4-15(16)22)20-17(11)18(23)21-7-5-12-9-19-10-13(12)6-8-21;/h12-13,19-20H,2-10H2,1H3;1H/t12-,13+;. The van der Waals surface area contributed by atoms with Crippen LogP contribution < -0.4 is 5.32 Å². The van der Waals surface area contributed by atoms with E-state index in [1.165, 1.54) is 0 Å². The van der Waals surface area contributed by atoms with E-state index in [0.717, 1.165) is 68.7 Å². The van der Waals surface area contributed by atoms with Gasteiger partial charge in [0.25, 0.3) is 5.91 Å². The van der Waals surface area contributed by atoms with Crippen LogP contribution in [0.25, 0.3) is 0 Å². The minimum atomic E-state index is 0. The third kappa shape index (κ3) is 2.88. The van der Waals surface area contributed by atoms with Gasteiger partial charge in [0.15, 0.2) is 5.78 Å². The Kier molecular flexibility index (Phi) is 5.02. The lowest BCUT2D eigenvalue weighted by Gasteiger charge is -2.20. The van der Waals surface area contributed by atoms with Gasteiger partial charge in [0.1, 0.15) is 5.69 Å². The van der Waals surface area contributed by atoms with Gasteiger partial charge in [-0.15, -0.1) is 12.4 Å². The zero-order valence-corrected chi connectivity index (χ0v) is 15.0. The molecule has 132 valence electrons. The number of amides is 1. The SMILES string of the molecule is Cc1c(C(=O)N2CC[C@@H]3CNC[C@@H]3CC2)[nH]c2c1C(=O)CCC2.Cl. The molecule has 0 unspecified atom stereocenters. The first kappa shape index (κ1) is 17.5. The van der Waals surface area contributed by atoms with Crippen LogP contribution in [0.2, 0.25) is 0 Å². The number of carbonyl (C=O) groups excluding carboxylic acids is 2. The van der Waals surface area contributed by atoms with Crippen molar-refractivity contribution < 1.29 is 9.59 Å². The smallest absolute Gasteiger partial charge is 0.270 e. The summed E-state index contributed by atoms with van der Waals surface area (Å²) in [5.74, 6) is 1.70. The van der Waals surface area contributed by atoms with E-state index in [4.69, 9.17) is 0 Å². The van der Waals surface area contributed by atoms with Gasteiger partial charge in [-0.05, 0) is 63.1 Å². The predicted molar refractivity (Wildman–Crippen MR) is 95.0 cm³/mol. The molecule has 2 atom stereocenters. The van der Waals surface area contributed by atoms with Crippen molar-refractivity contribution in [2.45, 2.75) is 39.0 Å². The van der Waals surface area contributed by atoms with Gasteiger partial charge in [0, 0.05) is 30.8 Å². The van der Waals surface area contributed by atoms with Crippen LogP contribution in [0.1, 0.15) is 57.8 Å². The number of aromatic nitrogens is 1. The first-order chi connectivity index (χ1) is 11.1. The molecule has 2 N–H and O–H groups in total. The third-order valence-corrected chi connectivity index (χ3v) is 5.96. The van der Waals surface area contributed by atoms with Crippen LogP contribution in [-0.4, -0.2) is 47.8 Å². The number of aryl methyl sites for hydroxylation is 1. The Balaban J connectivity index is 0.00000169. The van der Waals surface area contributed by atoms with Crippen LogP contribution in [0.3, 0.4) is 0 Å². The summed E-state index contributed by atoms with van der Waals surface area (Å²) >= 11 is 0. The third-order valence-electron chi connectivity index (χ3n) is 5.96. The van der Waals surface area contributed by atoms with E-state index in [2.05, 4.69) is 10.3 Å². The first-order valence-corrected chi connectivity index (χ1v) is 8.89. The van der Waals surface area contributed by atoms with Crippen LogP contribution in [0, 0.1) is 18.8 Å². The maximum absolute atomic E-state index is 13.0. The van der Waals surface area contributed by atoms with Gasteiger partial charge in [-0.1, -0.05) is 0 Å². The average molecular weight is 352 g/mol. The Morgan fingerprint density at radius 3 is 2.42 bits per heavy atom. The number of hydrogen-bond acceptors (Lipinski definition) is 3. The number of ketones is 1. The van der Waals surface area contributed by atoms with Crippen molar-refractivity contribution in [2.24, 2.45) is 11.8 Å². The van der Waals surface area contributed by atoms with Crippen LogP contribution >= 0.6 is 12.4 Å². The normalized spacial score (nSPS) is 26.4. The number of rotatable bonds is 1. The van der Waals surface area contributed by atoms with Gasteiger partial charge < -0.3 is 15.2 Å². The Bertz CT molecular complexity index is 641. The molecule has 5 nitrogen and oxygen atoms in total. The molecule has 3 aliphatic rings. The van der Waals surface area contributed by atoms with E-state index in [1.54, 1.807) is 0 Å². The van der Waals surface area contributed by atoms with Crippen LogP contribution in [0.15, 0.2) is 0 Å². The number of hydrogen-bond donors (Lipinski definition) is 2. The summed E-state index contributed by atoms with van der Waals surface area (Å²) in [6.07, 6.45) is 4.55. The summed E-state index contributed by atoms with van der Waals surface area (Å²) in [4.78, 5) is 30.4. The molecule has 1 amide bonds. The van der Waals surface area contributed by atoms with Crippen LogP contribution in [0.5, 0.6) is 0 Å². The van der Waals surface area contributed by atoms with Gasteiger partial charge in [0.05, 0.1) is 0 Å². The summed E-state index contributed by atoms with van der Waals surface area (Å²) < 4.78 is 0. The van der Waals surface area contributed by atoms with E-state index in [0.29, 0.717) is 24.0 Å². The van der Waals surface area contributed by atoms with E-state index in [9.17, 15) is 9.59 Å². The lowest BCUT2D eigenvalue weighted by atomic mass is 9.92. The zero-order valence-electron chi connectivity index (χ0n) is 14.2. The highest BCUT2D eigenvalue weighted by Crippen LogP contribution is 2.30. The fourth-order valence-corrected chi connectivity index (χ4v) is 4.57. The Morgan fingerprint density at radius 2 is 1.79 bits per heavy atom. The molecule has 1 aromatic heterocycles. The molecule has 0 bridgehead atoms. The fourth-order valence-electron chi connectivity index (χ4n) is 4.57. The largest absolute Gasteiger partial charge is 0.354 e. The number of fused-ring (bicyclic) bond motifs is 2. The number of carbonyl (C=O) groups is 2. The van der Waals surface area contributed by atoms with Crippen LogP contribution in [0.4, 0.5) is 0 Å². The molecular formula is C18H26ClN3O2. The number of nitrogens with zero attached hydrogens (tertiary/aromatic N) is 1. The van der Waals surface area contributed by atoms with E-state index >= 15 is 0 Å². The number of nitrogens with one attached hydrogen (secondary N) is 2. The van der Waals surface area contributed by atoms with Crippen molar-refractivity contribution >= 4 is 24.1 Å². The van der Waals surface area contributed by atoms with Crippen molar-refractivity contribution in [3.05, 3.63) is 22.5 Å². The van der Waals surface area contributed by atoms with Gasteiger partial charge in [0.2, 0.25) is 0 Å². The van der Waals surface area contributed by atoms with E-state index in [-0.39, 0.29) is 24.1 Å². The second-order valence-corrected chi connectivity index (χ2v) is 7.30. The molecule has 3 heterocycles. The minimum Gasteiger partial charge on any atom is -0.354 e. The number of halogens is 1. The number of aromatic amines is 1. The van der Waals surface area contributed by atoms with Crippen LogP contribution in [-0.2, 0) is 6.42 Å². The highest BCUT2D eigenvalue weighted by molar-refractivity contribution is 6.04. The monoisotopic (exact) mass is 351 g/mol. The number of H-pyrrole nitrogens is 1. The van der Waals surface area contributed by atoms with Gasteiger partial charge in [-0.25, -0.2) is 0 Å². The molecule has 4 rings (SSSR count). The molecule has 2 saturated heterocycles. The Labute approximate surface area is 149 Å². The maximum atomic E-state index is 13.0. The molecule has 0 aromatic carbocycles. The quantitative estimate of drug-likeness (QED) is 0.816. The van der Waals surface area contributed by atoms with E-state index in [1.807, 2.05) is 11.8 Å². The zero-order chi connectivity index (χ0) is 16.0. The second-order valence-electron chi connectivity index (χ2n) is 7.30. The van der Waals surface area contributed by atoms with Crippen molar-refractivity contribution in [2.75, 3.05) is 26.2 Å². The van der Waals surface area contributed by atoms with Gasteiger partial charge in [-0.2, -0.15) is 0 Å². The topological polar surface area (TPSA) is 65.2 Å². The van der Waals surface area contributed by atoms with Gasteiger partial charge in [-0.3, -0.25) is 9.59 Å². The summed E-state index contributed by atoms with van der Waals surface area (Å²) in [6.45, 7) is 5.77. The molecule has 2 aliphatic heterocycles. The molecule has 1 aromatic rings. The predicted octanol–water partition coefficient (Wildman–Crippen LogP) is 2.34. The summed E-state index contributed by atoms with van der Waals surface area (Å²) in [5, 5.41) is 3.47. The van der Waals surface area contributed by atoms with Crippen molar-refractivity contribution in [3.63, 3.8) is 0 Å². The average Bonchev–Trinajstić information content (AvgIpc) is 3.07. The highest BCUT2D eigenvalue weighted by atomic mass is 35.5. The molecule has 1 aliphatic carbocycles. The molecule has 0 radical (unpaired) electrons. The molecule has 2 fully saturated rings. The van der Waals surface area contributed by atoms with Gasteiger partial charge >= 0.3 is 0 Å². The second kappa shape index (κ2) is 6.89. The Morgan fingerprint density at radius 1 is 1.12 bits per heavy atom. The molecule has 0 spiro atoms. The summed E-state index contributed by atoms with van der Waals surface area (Å²) in [6, 6.07) is 0. The van der Waals surface area contributed by atoms with Crippen molar-refractivity contribution in [1.29, 1.82) is 0 Å². The van der Waals surface area contributed by atoms with Crippen molar-refractivity contribution in [3.8, 4) is 0 Å². The lowest BCUT2D eigenvalue weighted by Crippen LogP contribution is -2.33. The minimum absolute atomic E-state index is 0. The van der Waals surface area contributed by atoms with E-state index < -0.39 is 0 Å². The lowest BCUT2D eigenvalue weighted by molar-refractivity contribution is 0.0752. The van der Waals surface area contributed by atoms with Crippen molar-refractivity contribution in [1.82, 2.24) is 15.2 Å². The molecule has 24 heavy (non-hydrogen) atoms. The number of Topliss-reactive ketones (excluding diaryl/α,β-unsaturated/α-hetero) is 1. The molecule has 6 heteroatoms. The maximum Gasteiger partial charge on any atom is 0.270 e. The summed E-state index contributed by atoms with van der Waals surface area (Å²) in [7, 11) is 0. The summed E-state index contributed by atoms with van der Waals surface area (Å²) in [5.41, 5.74) is 3.27. The molecule has 0 saturated carbocycles. The fraction of sp³-hybridized carbons (Fsp3) is 0.667. The molecular weight excluding hydrogens is 326 g/mol. The number of likely N-dealkylation sites (tertiary alicyclic amines) is 1.